The van der Waals surface area contributed by atoms with Gasteiger partial charge in [-0.05, 0) is 17.3 Å². The summed E-state index contributed by atoms with van der Waals surface area (Å²) in [7, 11) is 0. The highest BCUT2D eigenvalue weighted by molar-refractivity contribution is 5.94. The third kappa shape index (κ3) is 4.93. The van der Waals surface area contributed by atoms with Gasteiger partial charge in [-0.15, -0.1) is 0 Å². The minimum Gasteiger partial charge on any atom is -0.299 e. The molecule has 0 aromatic heterocycles. The predicted molar refractivity (Wildman–Crippen MR) is 90.3 cm³/mol. The number of carbonyl (C=O) groups excluding carboxylic acids is 2. The molecule has 0 heterocycles. The molecule has 0 aliphatic heterocycles. The van der Waals surface area contributed by atoms with E-state index in [4.69, 9.17) is 0 Å². The van der Waals surface area contributed by atoms with Crippen molar-refractivity contribution in [2.75, 3.05) is 0 Å². The molecule has 124 valence electrons. The van der Waals surface area contributed by atoms with Gasteiger partial charge in [-0.3, -0.25) is 9.59 Å². The van der Waals surface area contributed by atoms with Gasteiger partial charge < -0.3 is 0 Å². The van der Waals surface area contributed by atoms with Gasteiger partial charge in [0.2, 0.25) is 0 Å². The molecule has 0 saturated carbocycles. The first-order chi connectivity index (χ1) is 9.14. The maximum absolute atomic E-state index is 12.8. The van der Waals surface area contributed by atoms with Gasteiger partial charge in [-0.2, -0.15) is 0 Å². The van der Waals surface area contributed by atoms with E-state index in [9.17, 15) is 9.59 Å². The number of hydrogen-bond acceptors (Lipinski definition) is 2. The smallest absolute Gasteiger partial charge is 0.139 e. The molecule has 2 nitrogen and oxygen atoms in total. The van der Waals surface area contributed by atoms with Gasteiger partial charge in [0.1, 0.15) is 11.6 Å². The van der Waals surface area contributed by atoms with Crippen LogP contribution in [0.3, 0.4) is 0 Å². The molecule has 0 aliphatic carbocycles. The van der Waals surface area contributed by atoms with Crippen molar-refractivity contribution in [1.82, 2.24) is 0 Å². The standard InChI is InChI=1S/C19H36O2/c1-13(2)11-15(20)18(7,8)19(9,10)16(21)12-14(3)17(4,5)6/h13-14H,11-12H2,1-10H3. The zero-order valence-corrected chi connectivity index (χ0v) is 15.9. The minimum absolute atomic E-state index is 0.109. The Labute approximate surface area is 132 Å². The number of ketones is 2. The van der Waals surface area contributed by atoms with Gasteiger partial charge in [0, 0.05) is 23.7 Å². The van der Waals surface area contributed by atoms with Crippen molar-refractivity contribution in [1.29, 1.82) is 0 Å². The molecule has 0 aliphatic rings. The lowest BCUT2D eigenvalue weighted by Crippen LogP contribution is -2.46. The molecule has 21 heavy (non-hydrogen) atoms. The van der Waals surface area contributed by atoms with Gasteiger partial charge in [0.15, 0.2) is 0 Å². The Morgan fingerprint density at radius 2 is 1.05 bits per heavy atom. The predicted octanol–water partition coefficient (Wildman–Crippen LogP) is 5.30. The van der Waals surface area contributed by atoms with E-state index in [2.05, 4.69) is 27.7 Å². The first-order valence-electron chi connectivity index (χ1n) is 8.20. The van der Waals surface area contributed by atoms with Crippen LogP contribution in [0, 0.1) is 28.1 Å². The minimum atomic E-state index is -0.627. The Hall–Kier alpha value is -0.660. The van der Waals surface area contributed by atoms with Gasteiger partial charge in [-0.25, -0.2) is 0 Å². The molecule has 2 heteroatoms. The van der Waals surface area contributed by atoms with E-state index in [1.54, 1.807) is 0 Å². The molecule has 0 radical (unpaired) electrons. The second-order valence-corrected chi connectivity index (χ2v) is 9.17. The van der Waals surface area contributed by atoms with Crippen LogP contribution < -0.4 is 0 Å². The van der Waals surface area contributed by atoms with E-state index < -0.39 is 10.8 Å². The Bertz CT molecular complexity index is 381. The molecule has 0 aromatic carbocycles. The van der Waals surface area contributed by atoms with Crippen molar-refractivity contribution < 1.29 is 9.59 Å². The SMILES string of the molecule is CC(C)CC(=O)C(C)(C)C(C)(C)C(=O)CC(C)C(C)(C)C. The van der Waals surface area contributed by atoms with Crippen molar-refractivity contribution in [3.05, 3.63) is 0 Å². The van der Waals surface area contributed by atoms with E-state index in [-0.39, 0.29) is 17.0 Å². The van der Waals surface area contributed by atoms with Crippen LogP contribution in [0.1, 0.15) is 82.1 Å². The van der Waals surface area contributed by atoms with Crippen molar-refractivity contribution in [3.8, 4) is 0 Å². The topological polar surface area (TPSA) is 34.1 Å². The fourth-order valence-corrected chi connectivity index (χ4v) is 2.16. The average Bonchev–Trinajstić information content (AvgIpc) is 2.25. The van der Waals surface area contributed by atoms with Gasteiger partial charge in [0.05, 0.1) is 0 Å². The average molecular weight is 296 g/mol. The summed E-state index contributed by atoms with van der Waals surface area (Å²) in [6.45, 7) is 20.4. The monoisotopic (exact) mass is 296 g/mol. The molecule has 0 N–H and O–H groups in total. The molecule has 0 amide bonds. The summed E-state index contributed by atoms with van der Waals surface area (Å²) in [6.07, 6.45) is 1.08. The van der Waals surface area contributed by atoms with Crippen molar-refractivity contribution in [3.63, 3.8) is 0 Å². The summed E-state index contributed by atoms with van der Waals surface area (Å²) >= 11 is 0. The lowest BCUT2D eigenvalue weighted by molar-refractivity contribution is -0.145. The van der Waals surface area contributed by atoms with Crippen molar-refractivity contribution in [2.24, 2.45) is 28.1 Å². The second-order valence-electron chi connectivity index (χ2n) is 9.17. The number of hydrogen-bond donors (Lipinski definition) is 0. The van der Waals surface area contributed by atoms with Crippen LogP contribution in [0.25, 0.3) is 0 Å². The summed E-state index contributed by atoms with van der Waals surface area (Å²) in [6, 6.07) is 0. The maximum Gasteiger partial charge on any atom is 0.139 e. The first kappa shape index (κ1) is 20.3. The summed E-state index contributed by atoms with van der Waals surface area (Å²) in [5.41, 5.74) is -1.14. The summed E-state index contributed by atoms with van der Waals surface area (Å²) in [5.74, 6) is 1.03. The largest absolute Gasteiger partial charge is 0.299 e. The third-order valence-corrected chi connectivity index (χ3v) is 5.52. The van der Waals surface area contributed by atoms with Gasteiger partial charge >= 0.3 is 0 Å². The highest BCUT2D eigenvalue weighted by Gasteiger charge is 2.47. The molecule has 0 spiro atoms. The van der Waals surface area contributed by atoms with Crippen molar-refractivity contribution >= 4 is 11.6 Å². The Morgan fingerprint density at radius 3 is 1.33 bits per heavy atom. The molecule has 0 rings (SSSR count). The summed E-state index contributed by atoms with van der Waals surface area (Å²) in [5, 5.41) is 0. The number of carbonyl (C=O) groups is 2. The summed E-state index contributed by atoms with van der Waals surface area (Å²) < 4.78 is 0. The molecule has 0 saturated heterocycles. The van der Waals surface area contributed by atoms with Crippen LogP contribution in [0.15, 0.2) is 0 Å². The fraction of sp³-hybridized carbons (Fsp3) is 0.895. The zero-order chi connectivity index (χ0) is 17.2. The van der Waals surface area contributed by atoms with Gasteiger partial charge in [0.25, 0.3) is 0 Å². The maximum atomic E-state index is 12.8. The number of rotatable bonds is 7. The lowest BCUT2D eigenvalue weighted by atomic mass is 9.60. The van der Waals surface area contributed by atoms with Crippen molar-refractivity contribution in [2.45, 2.75) is 82.1 Å². The van der Waals surface area contributed by atoms with Crippen LogP contribution in [-0.4, -0.2) is 11.6 Å². The number of Topliss-reactive ketones (excluding diaryl/α,β-unsaturated/α-hetero) is 2. The molecule has 0 fully saturated rings. The van der Waals surface area contributed by atoms with Gasteiger partial charge in [-0.1, -0.05) is 69.2 Å². The van der Waals surface area contributed by atoms with E-state index in [0.29, 0.717) is 24.7 Å². The zero-order valence-electron chi connectivity index (χ0n) is 15.9. The Morgan fingerprint density at radius 1 is 0.714 bits per heavy atom. The summed E-state index contributed by atoms with van der Waals surface area (Å²) in [4.78, 5) is 25.4. The molecular formula is C19H36O2. The fourth-order valence-electron chi connectivity index (χ4n) is 2.16. The molecule has 0 aromatic rings. The molecular weight excluding hydrogens is 260 g/mol. The highest BCUT2D eigenvalue weighted by Crippen LogP contribution is 2.43. The molecule has 0 bridgehead atoms. The van der Waals surface area contributed by atoms with Crippen LogP contribution in [0.5, 0.6) is 0 Å². The Balaban J connectivity index is 5.18. The Kier molecular flexibility index (Phi) is 6.41. The molecule has 1 atom stereocenters. The van der Waals surface area contributed by atoms with E-state index in [0.717, 1.165) is 0 Å². The quantitative estimate of drug-likeness (QED) is 0.639. The van der Waals surface area contributed by atoms with E-state index >= 15 is 0 Å². The van der Waals surface area contributed by atoms with Crippen LogP contribution in [0.4, 0.5) is 0 Å². The molecule has 1 unspecified atom stereocenters. The third-order valence-electron chi connectivity index (χ3n) is 5.52. The first-order valence-corrected chi connectivity index (χ1v) is 8.20. The van der Waals surface area contributed by atoms with Crippen LogP contribution in [-0.2, 0) is 9.59 Å². The lowest BCUT2D eigenvalue weighted by Gasteiger charge is -2.41. The van der Waals surface area contributed by atoms with E-state index in [1.807, 2.05) is 41.5 Å². The van der Waals surface area contributed by atoms with E-state index in [1.165, 1.54) is 0 Å². The highest BCUT2D eigenvalue weighted by atomic mass is 16.1. The second kappa shape index (κ2) is 6.62. The van der Waals surface area contributed by atoms with Crippen LogP contribution >= 0.6 is 0 Å². The normalized spacial score (nSPS) is 15.2. The van der Waals surface area contributed by atoms with Crippen LogP contribution in [0.2, 0.25) is 0 Å².